The van der Waals surface area contributed by atoms with E-state index in [2.05, 4.69) is 69.4 Å². The van der Waals surface area contributed by atoms with E-state index in [4.69, 9.17) is 14.2 Å². The predicted octanol–water partition coefficient (Wildman–Crippen LogP) is 15.1. The molecule has 324 valence electrons. The fraction of sp³-hybridized carbons (Fsp3) is 0.780. The van der Waals surface area contributed by atoms with Crippen molar-refractivity contribution >= 4 is 17.9 Å². The molecule has 0 bridgehead atoms. The molecule has 0 heterocycles. The number of rotatable bonds is 42. The minimum absolute atomic E-state index is 0.0854. The maximum Gasteiger partial charge on any atom is 0.306 e. The first-order valence-electron chi connectivity index (χ1n) is 23.6. The lowest BCUT2D eigenvalue weighted by atomic mass is 10.1. The Morgan fingerprint density at radius 3 is 1.05 bits per heavy atom. The minimum Gasteiger partial charge on any atom is -0.462 e. The molecule has 0 radical (unpaired) electrons. The van der Waals surface area contributed by atoms with Gasteiger partial charge in [0.15, 0.2) is 6.10 Å². The molecular formula is C50H88O6. The summed E-state index contributed by atoms with van der Waals surface area (Å²) in [7, 11) is 0. The van der Waals surface area contributed by atoms with Crippen LogP contribution in [0.1, 0.15) is 233 Å². The van der Waals surface area contributed by atoms with Crippen molar-refractivity contribution in [2.75, 3.05) is 13.2 Å². The van der Waals surface area contributed by atoms with Gasteiger partial charge in [-0.15, -0.1) is 0 Å². The van der Waals surface area contributed by atoms with E-state index >= 15 is 0 Å². The first-order valence-corrected chi connectivity index (χ1v) is 23.6. The second kappa shape index (κ2) is 45.1. The van der Waals surface area contributed by atoms with Crippen molar-refractivity contribution in [3.8, 4) is 0 Å². The van der Waals surface area contributed by atoms with Gasteiger partial charge in [0.25, 0.3) is 0 Å². The molecule has 0 aromatic heterocycles. The largest absolute Gasteiger partial charge is 0.462 e. The minimum atomic E-state index is -0.783. The van der Waals surface area contributed by atoms with Gasteiger partial charge in [-0.1, -0.05) is 172 Å². The van der Waals surface area contributed by atoms with E-state index in [0.717, 1.165) is 96.3 Å². The number of carbonyl (C=O) groups excluding carboxylic acids is 3. The van der Waals surface area contributed by atoms with Gasteiger partial charge in [-0.3, -0.25) is 14.4 Å². The van der Waals surface area contributed by atoms with Crippen LogP contribution in [0.4, 0.5) is 0 Å². The van der Waals surface area contributed by atoms with Gasteiger partial charge in [0, 0.05) is 19.3 Å². The van der Waals surface area contributed by atoms with E-state index in [-0.39, 0.29) is 31.1 Å². The summed E-state index contributed by atoms with van der Waals surface area (Å²) in [5.74, 6) is -0.918. The summed E-state index contributed by atoms with van der Waals surface area (Å²) in [5.41, 5.74) is 0. The Morgan fingerprint density at radius 1 is 0.357 bits per heavy atom. The molecule has 0 saturated heterocycles. The number of esters is 3. The summed E-state index contributed by atoms with van der Waals surface area (Å²) >= 11 is 0. The smallest absolute Gasteiger partial charge is 0.306 e. The number of unbranched alkanes of at least 4 members (excludes halogenated alkanes) is 23. The highest BCUT2D eigenvalue weighted by Crippen LogP contribution is 2.13. The van der Waals surface area contributed by atoms with Crippen LogP contribution in [0, 0.1) is 0 Å². The number of hydrogen-bond acceptors (Lipinski definition) is 6. The van der Waals surface area contributed by atoms with Crippen molar-refractivity contribution in [3.63, 3.8) is 0 Å². The van der Waals surface area contributed by atoms with Crippen LogP contribution in [0.5, 0.6) is 0 Å². The molecule has 0 aromatic rings. The first kappa shape index (κ1) is 53.4. The third-order valence-corrected chi connectivity index (χ3v) is 10.0. The van der Waals surface area contributed by atoms with Crippen LogP contribution in [-0.2, 0) is 28.6 Å². The zero-order chi connectivity index (χ0) is 40.8. The Morgan fingerprint density at radius 2 is 0.661 bits per heavy atom. The standard InChI is InChI=1S/C50H88O6/c1-4-7-10-13-16-19-22-24-26-28-31-34-37-40-43-49(52)55-46-47(45-54-48(51)42-39-36-33-30-27-21-18-15-12-9-6-3)56-50(53)44-41-38-35-32-29-25-23-20-17-14-11-8-5-2/h13,15-16,18,20,22-24,47H,4-12,14,17,19,21,25-46H2,1-3H3/b16-13-,18-15-,23-20-,24-22-. The third kappa shape index (κ3) is 42.5. The van der Waals surface area contributed by atoms with Crippen LogP contribution >= 0.6 is 0 Å². The molecule has 0 rings (SSSR count). The fourth-order valence-electron chi connectivity index (χ4n) is 6.37. The topological polar surface area (TPSA) is 78.9 Å². The molecule has 1 unspecified atom stereocenters. The van der Waals surface area contributed by atoms with Gasteiger partial charge in [-0.25, -0.2) is 0 Å². The van der Waals surface area contributed by atoms with E-state index in [0.29, 0.717) is 19.3 Å². The Bertz CT molecular complexity index is 996. The summed E-state index contributed by atoms with van der Waals surface area (Å²) in [6, 6.07) is 0. The Kier molecular flexibility index (Phi) is 43.0. The van der Waals surface area contributed by atoms with Gasteiger partial charge in [0.1, 0.15) is 13.2 Å². The monoisotopic (exact) mass is 785 g/mol. The zero-order valence-electron chi connectivity index (χ0n) is 36.9. The van der Waals surface area contributed by atoms with Crippen LogP contribution in [0.15, 0.2) is 48.6 Å². The van der Waals surface area contributed by atoms with Crippen molar-refractivity contribution < 1.29 is 28.6 Å². The Labute approximate surface area is 346 Å². The third-order valence-electron chi connectivity index (χ3n) is 10.0. The van der Waals surface area contributed by atoms with E-state index in [1.807, 2.05) is 0 Å². The quantitative estimate of drug-likeness (QED) is 0.0265. The molecule has 0 spiro atoms. The average molecular weight is 785 g/mol. The predicted molar refractivity (Wildman–Crippen MR) is 238 cm³/mol. The van der Waals surface area contributed by atoms with Crippen LogP contribution in [0.2, 0.25) is 0 Å². The number of ether oxygens (including phenoxy) is 3. The molecule has 56 heavy (non-hydrogen) atoms. The second-order valence-corrected chi connectivity index (χ2v) is 15.7. The van der Waals surface area contributed by atoms with E-state index in [1.54, 1.807) is 0 Å². The number of carbonyl (C=O) groups is 3. The molecule has 0 aliphatic rings. The van der Waals surface area contributed by atoms with Gasteiger partial charge < -0.3 is 14.2 Å². The highest BCUT2D eigenvalue weighted by atomic mass is 16.6. The zero-order valence-corrected chi connectivity index (χ0v) is 36.9. The Hall–Kier alpha value is -2.63. The lowest BCUT2D eigenvalue weighted by molar-refractivity contribution is -0.167. The normalized spacial score (nSPS) is 12.4. The van der Waals surface area contributed by atoms with Gasteiger partial charge in [0.05, 0.1) is 0 Å². The molecule has 0 aromatic carbocycles. The van der Waals surface area contributed by atoms with Gasteiger partial charge in [0.2, 0.25) is 0 Å². The molecule has 1 atom stereocenters. The average Bonchev–Trinajstić information content (AvgIpc) is 3.19. The molecule has 6 heteroatoms. The van der Waals surface area contributed by atoms with E-state index < -0.39 is 6.10 Å². The second-order valence-electron chi connectivity index (χ2n) is 15.7. The number of hydrogen-bond donors (Lipinski definition) is 0. The van der Waals surface area contributed by atoms with Crippen molar-refractivity contribution in [2.45, 2.75) is 239 Å². The summed E-state index contributed by atoms with van der Waals surface area (Å²) in [4.78, 5) is 37.8. The summed E-state index contributed by atoms with van der Waals surface area (Å²) in [6.45, 7) is 6.51. The molecule has 0 saturated carbocycles. The molecule has 0 amide bonds. The summed E-state index contributed by atoms with van der Waals surface area (Å²) in [5, 5.41) is 0. The Balaban J connectivity index is 4.42. The van der Waals surface area contributed by atoms with Crippen LogP contribution in [-0.4, -0.2) is 37.2 Å². The number of allylic oxidation sites excluding steroid dienone is 8. The maximum atomic E-state index is 12.7. The van der Waals surface area contributed by atoms with Crippen LogP contribution in [0.3, 0.4) is 0 Å². The SMILES string of the molecule is CCCC/C=C\C/C=C\CCCCCCCC(=O)OCC(COC(=O)CCCCCCC/C=C\CCCC)OC(=O)CCCCCCC/C=C\CCCCCC. The van der Waals surface area contributed by atoms with Gasteiger partial charge in [-0.2, -0.15) is 0 Å². The highest BCUT2D eigenvalue weighted by molar-refractivity contribution is 5.71. The fourth-order valence-corrected chi connectivity index (χ4v) is 6.37. The highest BCUT2D eigenvalue weighted by Gasteiger charge is 2.19. The lowest BCUT2D eigenvalue weighted by Gasteiger charge is -2.18. The van der Waals surface area contributed by atoms with Crippen molar-refractivity contribution in [1.82, 2.24) is 0 Å². The molecule has 0 aliphatic carbocycles. The van der Waals surface area contributed by atoms with Crippen molar-refractivity contribution in [2.24, 2.45) is 0 Å². The van der Waals surface area contributed by atoms with Gasteiger partial charge >= 0.3 is 17.9 Å². The van der Waals surface area contributed by atoms with Crippen molar-refractivity contribution in [1.29, 1.82) is 0 Å². The van der Waals surface area contributed by atoms with Gasteiger partial charge in [-0.05, 0) is 89.9 Å². The summed E-state index contributed by atoms with van der Waals surface area (Å²) < 4.78 is 16.7. The van der Waals surface area contributed by atoms with Crippen LogP contribution < -0.4 is 0 Å². The molecule has 0 aliphatic heterocycles. The first-order chi connectivity index (χ1) is 27.5. The van der Waals surface area contributed by atoms with E-state index in [9.17, 15) is 14.4 Å². The van der Waals surface area contributed by atoms with Crippen molar-refractivity contribution in [3.05, 3.63) is 48.6 Å². The maximum absolute atomic E-state index is 12.7. The molecule has 6 nitrogen and oxygen atoms in total. The molecule has 0 N–H and O–H groups in total. The molecule has 0 fully saturated rings. The lowest BCUT2D eigenvalue weighted by Crippen LogP contribution is -2.30. The molecular weight excluding hydrogens is 697 g/mol. The van der Waals surface area contributed by atoms with E-state index in [1.165, 1.54) is 96.3 Å². The van der Waals surface area contributed by atoms with Crippen LogP contribution in [0.25, 0.3) is 0 Å². The summed E-state index contributed by atoms with van der Waals surface area (Å²) in [6.07, 6.45) is 52.3.